The summed E-state index contributed by atoms with van der Waals surface area (Å²) in [5.41, 5.74) is 2.09. The molecule has 0 unspecified atom stereocenters. The molecule has 0 fully saturated rings. The van der Waals surface area contributed by atoms with Crippen LogP contribution in [0, 0.1) is 13.8 Å². The van der Waals surface area contributed by atoms with Crippen LogP contribution in [-0.2, 0) is 10.0 Å². The number of ether oxygens (including phenoxy) is 1. The fourth-order valence-electron chi connectivity index (χ4n) is 2.59. The number of hydrogen-bond donors (Lipinski definition) is 1. The summed E-state index contributed by atoms with van der Waals surface area (Å²) in [7, 11) is -3.67. The van der Waals surface area contributed by atoms with Gasteiger partial charge in [0.1, 0.15) is 17.2 Å². The number of nitrogens with zero attached hydrogens (tertiary/aromatic N) is 1. The summed E-state index contributed by atoms with van der Waals surface area (Å²) in [6.07, 6.45) is 0. The number of benzene rings is 2. The van der Waals surface area contributed by atoms with Gasteiger partial charge >= 0.3 is 0 Å². The summed E-state index contributed by atoms with van der Waals surface area (Å²) in [6, 6.07) is 13.3. The third kappa shape index (κ3) is 3.88. The van der Waals surface area contributed by atoms with Crippen molar-refractivity contribution in [2.45, 2.75) is 25.7 Å². The van der Waals surface area contributed by atoms with Crippen LogP contribution in [-0.4, -0.2) is 20.0 Å². The van der Waals surface area contributed by atoms with Crippen LogP contribution in [0.1, 0.15) is 18.6 Å². The zero-order valence-corrected chi connectivity index (χ0v) is 15.6. The molecule has 0 aliphatic heterocycles. The van der Waals surface area contributed by atoms with Crippen molar-refractivity contribution in [3.63, 3.8) is 0 Å². The molecule has 3 rings (SSSR count). The minimum absolute atomic E-state index is 0.174. The van der Waals surface area contributed by atoms with E-state index >= 15 is 0 Å². The first-order valence-electron chi connectivity index (χ1n) is 8.19. The minimum Gasteiger partial charge on any atom is -0.494 e. The van der Waals surface area contributed by atoms with Crippen LogP contribution in [0.25, 0.3) is 11.3 Å². The Morgan fingerprint density at radius 1 is 1.04 bits per heavy atom. The zero-order chi connectivity index (χ0) is 18.7. The summed E-state index contributed by atoms with van der Waals surface area (Å²) >= 11 is 0. The van der Waals surface area contributed by atoms with Gasteiger partial charge in [0.2, 0.25) is 0 Å². The molecule has 0 amide bonds. The third-order valence-electron chi connectivity index (χ3n) is 3.76. The van der Waals surface area contributed by atoms with Crippen LogP contribution >= 0.6 is 0 Å². The number of hydrogen-bond acceptors (Lipinski definition) is 5. The van der Waals surface area contributed by atoms with Crippen molar-refractivity contribution in [3.05, 3.63) is 60.2 Å². The van der Waals surface area contributed by atoms with E-state index in [2.05, 4.69) is 9.71 Å². The van der Waals surface area contributed by atoms with Crippen LogP contribution in [0.4, 0.5) is 5.69 Å². The maximum atomic E-state index is 12.5. The quantitative estimate of drug-likeness (QED) is 0.703. The minimum atomic E-state index is -3.67. The second-order valence-corrected chi connectivity index (χ2v) is 7.41. The zero-order valence-electron chi connectivity index (χ0n) is 14.8. The first-order chi connectivity index (χ1) is 12.4. The molecule has 1 heterocycles. The van der Waals surface area contributed by atoms with Crippen molar-refractivity contribution in [1.82, 2.24) is 4.98 Å². The SMILES string of the molecule is CCOc1ccc(S(=O)(=O)Nc2ccc(-c3nc(C)oc3C)cc2)cc1. The summed E-state index contributed by atoms with van der Waals surface area (Å²) in [5.74, 6) is 1.96. The lowest BCUT2D eigenvalue weighted by atomic mass is 10.1. The highest BCUT2D eigenvalue weighted by Crippen LogP contribution is 2.26. The summed E-state index contributed by atoms with van der Waals surface area (Å²) < 4.78 is 38.3. The second kappa shape index (κ2) is 7.21. The van der Waals surface area contributed by atoms with Crippen LogP contribution in [0.5, 0.6) is 5.75 Å². The Kier molecular flexibility index (Phi) is 4.99. The van der Waals surface area contributed by atoms with Gasteiger partial charge in [-0.25, -0.2) is 13.4 Å². The van der Waals surface area contributed by atoms with Crippen molar-refractivity contribution in [2.24, 2.45) is 0 Å². The predicted octanol–water partition coefficient (Wildman–Crippen LogP) is 4.16. The number of sulfonamides is 1. The van der Waals surface area contributed by atoms with Gasteiger partial charge in [0.05, 0.1) is 11.5 Å². The molecule has 6 nitrogen and oxygen atoms in total. The number of aromatic nitrogens is 1. The Bertz CT molecular complexity index is 991. The van der Waals surface area contributed by atoms with Gasteiger partial charge in [0, 0.05) is 18.2 Å². The Morgan fingerprint density at radius 2 is 1.69 bits per heavy atom. The maximum absolute atomic E-state index is 12.5. The van der Waals surface area contributed by atoms with E-state index in [0.717, 1.165) is 17.0 Å². The van der Waals surface area contributed by atoms with E-state index in [1.807, 2.05) is 13.8 Å². The van der Waals surface area contributed by atoms with Gasteiger partial charge in [-0.1, -0.05) is 12.1 Å². The van der Waals surface area contributed by atoms with Crippen molar-refractivity contribution in [2.75, 3.05) is 11.3 Å². The van der Waals surface area contributed by atoms with E-state index in [1.54, 1.807) is 43.3 Å². The molecule has 0 radical (unpaired) electrons. The molecule has 0 saturated carbocycles. The molecule has 136 valence electrons. The van der Waals surface area contributed by atoms with Gasteiger partial charge in [-0.2, -0.15) is 0 Å². The molecular formula is C19H20N2O4S. The number of nitrogens with one attached hydrogen (secondary N) is 1. The van der Waals surface area contributed by atoms with Crippen LogP contribution in [0.2, 0.25) is 0 Å². The molecule has 0 bridgehead atoms. The maximum Gasteiger partial charge on any atom is 0.261 e. The van der Waals surface area contributed by atoms with Crippen molar-refractivity contribution in [3.8, 4) is 17.0 Å². The highest BCUT2D eigenvalue weighted by Gasteiger charge is 2.15. The smallest absolute Gasteiger partial charge is 0.261 e. The van der Waals surface area contributed by atoms with Crippen LogP contribution in [0.15, 0.2) is 57.8 Å². The molecule has 7 heteroatoms. The Hall–Kier alpha value is -2.80. The standard InChI is InChI=1S/C19H20N2O4S/c1-4-24-17-9-11-18(12-10-17)26(22,23)21-16-7-5-15(6-8-16)19-13(2)25-14(3)20-19/h5-12,21H,4H2,1-3H3. The van der Waals surface area contributed by atoms with Gasteiger partial charge in [-0.05, 0) is 50.2 Å². The van der Waals surface area contributed by atoms with E-state index < -0.39 is 10.0 Å². The topological polar surface area (TPSA) is 81.4 Å². The molecule has 0 aliphatic rings. The summed E-state index contributed by atoms with van der Waals surface area (Å²) in [4.78, 5) is 4.51. The van der Waals surface area contributed by atoms with E-state index in [-0.39, 0.29) is 4.90 Å². The highest BCUT2D eigenvalue weighted by atomic mass is 32.2. The van der Waals surface area contributed by atoms with Gasteiger partial charge in [-0.3, -0.25) is 4.72 Å². The first kappa shape index (κ1) is 18.0. The largest absolute Gasteiger partial charge is 0.494 e. The van der Waals surface area contributed by atoms with Crippen LogP contribution < -0.4 is 9.46 Å². The van der Waals surface area contributed by atoms with E-state index in [0.29, 0.717) is 23.9 Å². The third-order valence-corrected chi connectivity index (χ3v) is 5.16. The predicted molar refractivity (Wildman–Crippen MR) is 99.8 cm³/mol. The molecular weight excluding hydrogens is 352 g/mol. The fraction of sp³-hybridized carbons (Fsp3) is 0.211. The number of aryl methyl sites for hydroxylation is 2. The molecule has 3 aromatic rings. The molecule has 0 aliphatic carbocycles. The Morgan fingerprint density at radius 3 is 2.23 bits per heavy atom. The van der Waals surface area contributed by atoms with Gasteiger partial charge < -0.3 is 9.15 Å². The molecule has 0 atom stereocenters. The van der Waals surface area contributed by atoms with Crippen LogP contribution in [0.3, 0.4) is 0 Å². The average Bonchev–Trinajstić information content (AvgIpc) is 2.94. The second-order valence-electron chi connectivity index (χ2n) is 5.72. The van der Waals surface area contributed by atoms with Gasteiger partial charge in [0.25, 0.3) is 10.0 Å². The Labute approximate surface area is 152 Å². The van der Waals surface area contributed by atoms with E-state index in [4.69, 9.17) is 9.15 Å². The van der Waals surface area contributed by atoms with E-state index in [9.17, 15) is 8.42 Å². The van der Waals surface area contributed by atoms with Gasteiger partial charge in [-0.15, -0.1) is 0 Å². The fourth-order valence-corrected chi connectivity index (χ4v) is 3.65. The lowest BCUT2D eigenvalue weighted by molar-refractivity contribution is 0.340. The van der Waals surface area contributed by atoms with Gasteiger partial charge in [0.15, 0.2) is 5.89 Å². The first-order valence-corrected chi connectivity index (χ1v) is 9.67. The number of oxazole rings is 1. The molecule has 1 N–H and O–H groups in total. The number of anilines is 1. The highest BCUT2D eigenvalue weighted by molar-refractivity contribution is 7.92. The van der Waals surface area contributed by atoms with Crippen molar-refractivity contribution in [1.29, 1.82) is 0 Å². The van der Waals surface area contributed by atoms with E-state index in [1.165, 1.54) is 12.1 Å². The molecule has 1 aromatic heterocycles. The normalized spacial score (nSPS) is 11.3. The lowest BCUT2D eigenvalue weighted by Gasteiger charge is -2.09. The molecule has 2 aromatic carbocycles. The molecule has 26 heavy (non-hydrogen) atoms. The Balaban J connectivity index is 1.78. The lowest BCUT2D eigenvalue weighted by Crippen LogP contribution is -2.12. The summed E-state index contributed by atoms with van der Waals surface area (Å²) in [5, 5.41) is 0. The average molecular weight is 372 g/mol. The summed E-state index contributed by atoms with van der Waals surface area (Å²) in [6.45, 7) is 6.03. The molecule has 0 saturated heterocycles. The molecule has 0 spiro atoms. The monoisotopic (exact) mass is 372 g/mol. The number of rotatable bonds is 6. The van der Waals surface area contributed by atoms with Crippen molar-refractivity contribution < 1.29 is 17.6 Å². The van der Waals surface area contributed by atoms with Crippen molar-refractivity contribution >= 4 is 15.7 Å².